The summed E-state index contributed by atoms with van der Waals surface area (Å²) in [5.41, 5.74) is -0.474. The molecule has 2 N–H and O–H groups in total. The molecule has 0 aliphatic heterocycles. The maximum Gasteiger partial charge on any atom is 0.405 e. The number of ether oxygens (including phenoxy) is 1. The van der Waals surface area contributed by atoms with E-state index in [1.54, 1.807) is 13.8 Å². The van der Waals surface area contributed by atoms with Crippen molar-refractivity contribution in [2.45, 2.75) is 38.6 Å². The van der Waals surface area contributed by atoms with Crippen molar-refractivity contribution < 1.29 is 22.7 Å². The molecule has 0 radical (unpaired) electrons. The van der Waals surface area contributed by atoms with E-state index < -0.39 is 30.3 Å². The molecule has 7 heteroatoms. The molecule has 102 valence electrons. The highest BCUT2D eigenvalue weighted by Gasteiger charge is 2.29. The average Bonchev–Trinajstić information content (AvgIpc) is 2.21. The molecule has 0 rings (SSSR count). The minimum absolute atomic E-state index is 0.365. The van der Waals surface area contributed by atoms with Crippen molar-refractivity contribution in [3.05, 3.63) is 0 Å². The van der Waals surface area contributed by atoms with Gasteiger partial charge in [-0.25, -0.2) is 0 Å². The number of methoxy groups -OCH3 is 1. The van der Waals surface area contributed by atoms with E-state index in [-0.39, 0.29) is 0 Å². The molecule has 0 fully saturated rings. The number of hydrogen-bond donors (Lipinski definition) is 2. The lowest BCUT2D eigenvalue weighted by Crippen LogP contribution is -2.49. The molecule has 1 atom stereocenters. The van der Waals surface area contributed by atoms with E-state index in [0.29, 0.717) is 6.54 Å². The first-order chi connectivity index (χ1) is 7.57. The Bertz CT molecular complexity index is 254. The molecule has 4 nitrogen and oxygen atoms in total. The van der Waals surface area contributed by atoms with E-state index in [2.05, 4.69) is 5.32 Å². The monoisotopic (exact) mass is 256 g/mol. The Kier molecular flexibility index (Phi) is 5.91. The van der Waals surface area contributed by atoms with Crippen molar-refractivity contribution >= 4 is 5.91 Å². The fraction of sp³-hybridized carbons (Fsp3) is 0.900. The minimum Gasteiger partial charge on any atom is -0.377 e. The van der Waals surface area contributed by atoms with Gasteiger partial charge >= 0.3 is 6.18 Å². The number of rotatable bonds is 6. The molecule has 0 aliphatic rings. The molecular weight excluding hydrogens is 237 g/mol. The highest BCUT2D eigenvalue weighted by molar-refractivity contribution is 5.81. The van der Waals surface area contributed by atoms with Crippen molar-refractivity contribution in [1.29, 1.82) is 0 Å². The van der Waals surface area contributed by atoms with Gasteiger partial charge < -0.3 is 15.4 Å². The van der Waals surface area contributed by atoms with Crippen LogP contribution in [0.2, 0.25) is 0 Å². The summed E-state index contributed by atoms with van der Waals surface area (Å²) in [6, 6.07) is -0.702. The smallest absolute Gasteiger partial charge is 0.377 e. The Morgan fingerprint density at radius 2 is 1.82 bits per heavy atom. The second-order valence-electron chi connectivity index (χ2n) is 4.40. The maximum atomic E-state index is 11.9. The van der Waals surface area contributed by atoms with Crippen LogP contribution in [0.5, 0.6) is 0 Å². The topological polar surface area (TPSA) is 50.4 Å². The van der Waals surface area contributed by atoms with Crippen molar-refractivity contribution in [2.75, 3.05) is 20.2 Å². The Balaban J connectivity index is 3.99. The van der Waals surface area contributed by atoms with Crippen LogP contribution in [-0.2, 0) is 9.53 Å². The molecular formula is C10H19F3N2O2. The van der Waals surface area contributed by atoms with Gasteiger partial charge in [0.1, 0.15) is 6.54 Å². The molecule has 0 aliphatic carbocycles. The molecule has 0 heterocycles. The van der Waals surface area contributed by atoms with Crippen LogP contribution in [0.1, 0.15) is 20.8 Å². The zero-order chi connectivity index (χ0) is 13.7. The normalized spacial score (nSPS) is 14.5. The van der Waals surface area contributed by atoms with Gasteiger partial charge in [-0.2, -0.15) is 13.2 Å². The lowest BCUT2D eigenvalue weighted by molar-refractivity contribution is -0.139. The van der Waals surface area contributed by atoms with E-state index in [1.807, 2.05) is 5.32 Å². The lowest BCUT2D eigenvalue weighted by atomic mass is 10.1. The second-order valence-corrected chi connectivity index (χ2v) is 4.40. The number of carbonyl (C=O) groups excluding carboxylic acids is 1. The summed E-state index contributed by atoms with van der Waals surface area (Å²) in [7, 11) is 1.52. The van der Waals surface area contributed by atoms with Crippen molar-refractivity contribution in [3.63, 3.8) is 0 Å². The van der Waals surface area contributed by atoms with Crippen molar-refractivity contribution in [2.24, 2.45) is 0 Å². The zero-order valence-corrected chi connectivity index (χ0v) is 10.4. The molecule has 1 unspecified atom stereocenters. The number of hydrogen-bond acceptors (Lipinski definition) is 3. The summed E-state index contributed by atoms with van der Waals surface area (Å²) in [5, 5.41) is 4.61. The summed E-state index contributed by atoms with van der Waals surface area (Å²) in [6.45, 7) is 4.16. The van der Waals surface area contributed by atoms with Crippen LogP contribution in [0, 0.1) is 0 Å². The third kappa shape index (κ3) is 7.98. The van der Waals surface area contributed by atoms with Gasteiger partial charge in [-0.3, -0.25) is 4.79 Å². The zero-order valence-electron chi connectivity index (χ0n) is 10.4. The van der Waals surface area contributed by atoms with E-state index in [4.69, 9.17) is 4.74 Å². The quantitative estimate of drug-likeness (QED) is 0.747. The number of alkyl halides is 3. The van der Waals surface area contributed by atoms with Crippen LogP contribution in [-0.4, -0.2) is 43.9 Å². The van der Waals surface area contributed by atoms with Gasteiger partial charge in [-0.1, -0.05) is 0 Å². The molecule has 0 aromatic rings. The molecule has 0 saturated carbocycles. The molecule has 0 saturated heterocycles. The standard InChI is InChI=1S/C10H19F3N2O2/c1-7(14-5-9(2,3)17-4)8(16)15-6-10(11,12)13/h7,14H,5-6H2,1-4H3,(H,15,16). The van der Waals surface area contributed by atoms with Gasteiger partial charge in [0.2, 0.25) is 5.91 Å². The SMILES string of the molecule is COC(C)(C)CNC(C)C(=O)NCC(F)(F)F. The van der Waals surface area contributed by atoms with Gasteiger partial charge in [0.15, 0.2) is 0 Å². The fourth-order valence-corrected chi connectivity index (χ4v) is 0.904. The lowest BCUT2D eigenvalue weighted by Gasteiger charge is -2.25. The largest absolute Gasteiger partial charge is 0.405 e. The molecule has 1 amide bonds. The minimum atomic E-state index is -4.39. The number of nitrogens with one attached hydrogen (secondary N) is 2. The number of amides is 1. The van der Waals surface area contributed by atoms with Gasteiger partial charge in [0, 0.05) is 13.7 Å². The fourth-order valence-electron chi connectivity index (χ4n) is 0.904. The summed E-state index contributed by atoms with van der Waals surface area (Å²) >= 11 is 0. The molecule has 0 aromatic carbocycles. The molecule has 17 heavy (non-hydrogen) atoms. The Hall–Kier alpha value is -0.820. The van der Waals surface area contributed by atoms with E-state index in [0.717, 1.165) is 0 Å². The maximum absolute atomic E-state index is 11.9. The predicted molar refractivity (Wildman–Crippen MR) is 57.6 cm³/mol. The Labute approximate surface area is 98.9 Å². The highest BCUT2D eigenvalue weighted by Crippen LogP contribution is 2.12. The van der Waals surface area contributed by atoms with E-state index in [1.165, 1.54) is 14.0 Å². The second kappa shape index (κ2) is 6.20. The Morgan fingerprint density at radius 3 is 2.24 bits per heavy atom. The molecule has 0 aromatic heterocycles. The number of carbonyl (C=O) groups is 1. The first-order valence-corrected chi connectivity index (χ1v) is 5.20. The average molecular weight is 256 g/mol. The van der Waals surface area contributed by atoms with Gasteiger partial charge in [0.25, 0.3) is 0 Å². The molecule has 0 spiro atoms. The van der Waals surface area contributed by atoms with Crippen LogP contribution in [0.15, 0.2) is 0 Å². The van der Waals surface area contributed by atoms with Crippen LogP contribution in [0.3, 0.4) is 0 Å². The molecule has 0 bridgehead atoms. The summed E-state index contributed by atoms with van der Waals surface area (Å²) < 4.78 is 40.7. The third-order valence-corrected chi connectivity index (χ3v) is 2.24. The van der Waals surface area contributed by atoms with Gasteiger partial charge in [-0.15, -0.1) is 0 Å². The van der Waals surface area contributed by atoms with Gasteiger partial charge in [0.05, 0.1) is 11.6 Å². The van der Waals surface area contributed by atoms with Crippen LogP contribution in [0.4, 0.5) is 13.2 Å². The first-order valence-electron chi connectivity index (χ1n) is 5.20. The number of halogens is 3. The van der Waals surface area contributed by atoms with Crippen molar-refractivity contribution in [3.8, 4) is 0 Å². The van der Waals surface area contributed by atoms with E-state index in [9.17, 15) is 18.0 Å². The predicted octanol–water partition coefficient (Wildman–Crippen LogP) is 1.07. The van der Waals surface area contributed by atoms with Gasteiger partial charge in [-0.05, 0) is 20.8 Å². The highest BCUT2D eigenvalue weighted by atomic mass is 19.4. The first kappa shape index (κ1) is 16.2. The summed E-state index contributed by atoms with van der Waals surface area (Å²) in [5.74, 6) is -0.686. The van der Waals surface area contributed by atoms with Crippen LogP contribution in [0.25, 0.3) is 0 Å². The summed E-state index contributed by atoms with van der Waals surface area (Å²) in [4.78, 5) is 11.3. The third-order valence-electron chi connectivity index (χ3n) is 2.24. The Morgan fingerprint density at radius 1 is 1.29 bits per heavy atom. The van der Waals surface area contributed by atoms with Crippen LogP contribution < -0.4 is 10.6 Å². The van der Waals surface area contributed by atoms with Crippen molar-refractivity contribution in [1.82, 2.24) is 10.6 Å². The van der Waals surface area contributed by atoms with Crippen LogP contribution >= 0.6 is 0 Å². The summed E-state index contributed by atoms with van der Waals surface area (Å²) in [6.07, 6.45) is -4.39. The van der Waals surface area contributed by atoms with E-state index >= 15 is 0 Å².